The number of alkyl halides is 3. The van der Waals surface area contributed by atoms with Gasteiger partial charge in [0.15, 0.2) is 0 Å². The zero-order valence-electron chi connectivity index (χ0n) is 12.6. The van der Waals surface area contributed by atoms with Crippen LogP contribution in [0.2, 0.25) is 0 Å². The SMILES string of the molecule is CN(CC1CCN(CC(F)(F)F)CC1)C(=O)c1ccccc1. The van der Waals surface area contributed by atoms with E-state index in [1.54, 1.807) is 24.1 Å². The number of likely N-dealkylation sites (tertiary alicyclic amines) is 1. The molecular formula is C16H21F3N2O. The summed E-state index contributed by atoms with van der Waals surface area (Å²) in [6.07, 6.45) is -2.74. The molecule has 1 fully saturated rings. The molecule has 0 aliphatic carbocycles. The van der Waals surface area contributed by atoms with Crippen LogP contribution >= 0.6 is 0 Å². The highest BCUT2D eigenvalue weighted by Gasteiger charge is 2.32. The molecule has 1 aromatic carbocycles. The Morgan fingerprint density at radius 1 is 1.23 bits per heavy atom. The second-order valence-electron chi connectivity index (χ2n) is 5.89. The molecule has 0 atom stereocenters. The number of hydrogen-bond donors (Lipinski definition) is 0. The van der Waals surface area contributed by atoms with E-state index in [1.807, 2.05) is 18.2 Å². The number of halogens is 3. The lowest BCUT2D eigenvalue weighted by Crippen LogP contribution is -2.42. The maximum atomic E-state index is 12.3. The van der Waals surface area contributed by atoms with Crippen molar-refractivity contribution in [2.75, 3.05) is 33.2 Å². The minimum absolute atomic E-state index is 0.0432. The Kier molecular flexibility index (Phi) is 5.45. The number of benzene rings is 1. The topological polar surface area (TPSA) is 23.6 Å². The molecule has 0 saturated carbocycles. The van der Waals surface area contributed by atoms with E-state index in [1.165, 1.54) is 4.90 Å². The third-order valence-electron chi connectivity index (χ3n) is 4.01. The molecule has 122 valence electrons. The predicted octanol–water partition coefficient (Wildman–Crippen LogP) is 3.03. The second-order valence-corrected chi connectivity index (χ2v) is 5.89. The van der Waals surface area contributed by atoms with Gasteiger partial charge in [-0.1, -0.05) is 18.2 Å². The van der Waals surface area contributed by atoms with E-state index in [0.717, 1.165) is 0 Å². The molecule has 1 amide bonds. The lowest BCUT2D eigenvalue weighted by atomic mass is 9.96. The number of amides is 1. The van der Waals surface area contributed by atoms with Gasteiger partial charge in [0, 0.05) is 19.2 Å². The van der Waals surface area contributed by atoms with Gasteiger partial charge in [-0.15, -0.1) is 0 Å². The summed E-state index contributed by atoms with van der Waals surface area (Å²) >= 11 is 0. The predicted molar refractivity (Wildman–Crippen MR) is 78.6 cm³/mol. The zero-order valence-corrected chi connectivity index (χ0v) is 12.6. The lowest BCUT2D eigenvalue weighted by molar-refractivity contribution is -0.148. The van der Waals surface area contributed by atoms with Crippen molar-refractivity contribution in [1.82, 2.24) is 9.80 Å². The second kappa shape index (κ2) is 7.13. The highest BCUT2D eigenvalue weighted by atomic mass is 19.4. The van der Waals surface area contributed by atoms with E-state index in [9.17, 15) is 18.0 Å². The van der Waals surface area contributed by atoms with Crippen molar-refractivity contribution in [3.05, 3.63) is 35.9 Å². The molecule has 0 spiro atoms. The molecule has 0 unspecified atom stereocenters. The number of carbonyl (C=O) groups is 1. The van der Waals surface area contributed by atoms with Gasteiger partial charge in [-0.25, -0.2) is 0 Å². The largest absolute Gasteiger partial charge is 0.401 e. The minimum Gasteiger partial charge on any atom is -0.341 e. The van der Waals surface area contributed by atoms with Gasteiger partial charge in [0.25, 0.3) is 5.91 Å². The lowest BCUT2D eigenvalue weighted by Gasteiger charge is -2.34. The first-order valence-corrected chi connectivity index (χ1v) is 7.45. The van der Waals surface area contributed by atoms with E-state index in [-0.39, 0.29) is 11.8 Å². The highest BCUT2D eigenvalue weighted by Crippen LogP contribution is 2.23. The summed E-state index contributed by atoms with van der Waals surface area (Å²) in [6.45, 7) is 0.640. The molecule has 1 heterocycles. The monoisotopic (exact) mass is 314 g/mol. The molecule has 2 rings (SSSR count). The smallest absolute Gasteiger partial charge is 0.341 e. The maximum absolute atomic E-state index is 12.3. The minimum atomic E-state index is -4.13. The Balaban J connectivity index is 1.79. The molecule has 3 nitrogen and oxygen atoms in total. The Labute approximate surface area is 128 Å². The summed E-state index contributed by atoms with van der Waals surface area (Å²) in [5.74, 6) is 0.223. The van der Waals surface area contributed by atoms with Crippen molar-refractivity contribution >= 4 is 5.91 Å². The Hall–Kier alpha value is -1.56. The molecule has 0 aromatic heterocycles. The van der Waals surface area contributed by atoms with Crippen LogP contribution in [0.25, 0.3) is 0 Å². The van der Waals surface area contributed by atoms with Crippen molar-refractivity contribution in [3.8, 4) is 0 Å². The average molecular weight is 314 g/mol. The van der Waals surface area contributed by atoms with Crippen LogP contribution in [0, 0.1) is 5.92 Å². The summed E-state index contributed by atoms with van der Waals surface area (Å²) in [6, 6.07) is 9.02. The third-order valence-corrected chi connectivity index (χ3v) is 4.01. The summed E-state index contributed by atoms with van der Waals surface area (Å²) in [4.78, 5) is 15.3. The van der Waals surface area contributed by atoms with Crippen molar-refractivity contribution in [1.29, 1.82) is 0 Å². The van der Waals surface area contributed by atoms with Crippen LogP contribution in [-0.2, 0) is 0 Å². The van der Waals surface area contributed by atoms with Crippen LogP contribution in [0.4, 0.5) is 13.2 Å². The number of carbonyl (C=O) groups excluding carboxylic acids is 1. The van der Waals surface area contributed by atoms with Gasteiger partial charge in [-0.3, -0.25) is 9.69 Å². The first kappa shape index (κ1) is 16.8. The van der Waals surface area contributed by atoms with Crippen LogP contribution in [0.3, 0.4) is 0 Å². The quantitative estimate of drug-likeness (QED) is 0.853. The van der Waals surface area contributed by atoms with E-state index in [4.69, 9.17) is 0 Å². The van der Waals surface area contributed by atoms with Gasteiger partial charge in [-0.2, -0.15) is 13.2 Å². The number of hydrogen-bond acceptors (Lipinski definition) is 2. The molecule has 1 aliphatic heterocycles. The first-order valence-electron chi connectivity index (χ1n) is 7.45. The summed E-state index contributed by atoms with van der Waals surface area (Å²) in [5, 5.41) is 0. The molecule has 1 aliphatic rings. The van der Waals surface area contributed by atoms with Gasteiger partial charge in [0.2, 0.25) is 0 Å². The highest BCUT2D eigenvalue weighted by molar-refractivity contribution is 5.93. The molecule has 6 heteroatoms. The van der Waals surface area contributed by atoms with Crippen LogP contribution < -0.4 is 0 Å². The van der Waals surface area contributed by atoms with Crippen molar-refractivity contribution in [2.45, 2.75) is 19.0 Å². The molecule has 1 saturated heterocycles. The number of piperidine rings is 1. The van der Waals surface area contributed by atoms with E-state index >= 15 is 0 Å². The van der Waals surface area contributed by atoms with E-state index in [2.05, 4.69) is 0 Å². The van der Waals surface area contributed by atoms with Gasteiger partial charge in [0.05, 0.1) is 6.54 Å². The van der Waals surface area contributed by atoms with Crippen molar-refractivity contribution in [2.24, 2.45) is 5.92 Å². The number of rotatable bonds is 4. The number of nitrogens with zero attached hydrogens (tertiary/aromatic N) is 2. The van der Waals surface area contributed by atoms with Crippen LogP contribution in [-0.4, -0.2) is 55.1 Å². The summed E-state index contributed by atoms with van der Waals surface area (Å²) in [7, 11) is 1.75. The van der Waals surface area contributed by atoms with Gasteiger partial charge >= 0.3 is 6.18 Å². The Morgan fingerprint density at radius 3 is 2.36 bits per heavy atom. The van der Waals surface area contributed by atoms with Gasteiger partial charge in [0.1, 0.15) is 0 Å². The maximum Gasteiger partial charge on any atom is 0.401 e. The van der Waals surface area contributed by atoms with Crippen LogP contribution in [0.5, 0.6) is 0 Å². The molecule has 22 heavy (non-hydrogen) atoms. The van der Waals surface area contributed by atoms with Gasteiger partial charge in [-0.05, 0) is 44.0 Å². The fraction of sp³-hybridized carbons (Fsp3) is 0.562. The standard InChI is InChI=1S/C16H21F3N2O/c1-20(15(22)14-5-3-2-4-6-14)11-13-7-9-21(10-8-13)12-16(17,18)19/h2-6,13H,7-12H2,1H3. The molecule has 1 aromatic rings. The van der Waals surface area contributed by atoms with Gasteiger partial charge < -0.3 is 4.90 Å². The van der Waals surface area contributed by atoms with Crippen molar-refractivity contribution < 1.29 is 18.0 Å². The molecule has 0 N–H and O–H groups in total. The molecular weight excluding hydrogens is 293 g/mol. The summed E-state index contributed by atoms with van der Waals surface area (Å²) < 4.78 is 37.0. The van der Waals surface area contributed by atoms with Crippen molar-refractivity contribution in [3.63, 3.8) is 0 Å². The fourth-order valence-corrected chi connectivity index (χ4v) is 2.85. The van der Waals surface area contributed by atoms with Crippen LogP contribution in [0.15, 0.2) is 30.3 Å². The average Bonchev–Trinajstić information content (AvgIpc) is 2.48. The summed E-state index contributed by atoms with van der Waals surface area (Å²) in [5.41, 5.74) is 0.638. The Bertz CT molecular complexity index is 482. The first-order chi connectivity index (χ1) is 10.3. The van der Waals surface area contributed by atoms with Crippen LogP contribution in [0.1, 0.15) is 23.2 Å². The molecule has 0 radical (unpaired) electrons. The molecule has 0 bridgehead atoms. The zero-order chi connectivity index (χ0) is 16.2. The fourth-order valence-electron chi connectivity index (χ4n) is 2.85. The third kappa shape index (κ3) is 5.02. The Morgan fingerprint density at radius 2 is 1.82 bits per heavy atom. The normalized spacial score (nSPS) is 17.5. The van der Waals surface area contributed by atoms with E-state index in [0.29, 0.717) is 38.0 Å². The van der Waals surface area contributed by atoms with E-state index < -0.39 is 12.7 Å².